The molecule has 0 spiro atoms. The van der Waals surface area contributed by atoms with Gasteiger partial charge in [0, 0.05) is 35.5 Å². The van der Waals surface area contributed by atoms with Gasteiger partial charge in [-0.3, -0.25) is 4.68 Å². The third kappa shape index (κ3) is 6.60. The molecule has 0 saturated carbocycles. The van der Waals surface area contributed by atoms with Gasteiger partial charge >= 0.3 is 5.97 Å². The second kappa shape index (κ2) is 12.7. The largest absolute Gasteiger partial charge is 0.464 e. The van der Waals surface area contributed by atoms with E-state index >= 15 is 0 Å². The van der Waals surface area contributed by atoms with E-state index in [1.807, 2.05) is 37.4 Å². The van der Waals surface area contributed by atoms with Crippen LogP contribution in [0.2, 0.25) is 5.02 Å². The molecule has 200 valence electrons. The number of carbonyl (C=O) groups is 1. The number of rotatable bonds is 10. The highest BCUT2D eigenvalue weighted by molar-refractivity contribution is 6.43. The van der Waals surface area contributed by atoms with E-state index in [9.17, 15) is 4.79 Å². The number of methoxy groups -OCH3 is 1. The van der Waals surface area contributed by atoms with E-state index in [-0.39, 0.29) is 5.71 Å². The van der Waals surface area contributed by atoms with Gasteiger partial charge < -0.3 is 14.3 Å². The van der Waals surface area contributed by atoms with E-state index in [0.29, 0.717) is 39.9 Å². The van der Waals surface area contributed by atoms with Crippen LogP contribution in [0.5, 0.6) is 11.5 Å². The number of aryl methyl sites for hydroxylation is 1. The molecule has 0 amide bonds. The number of aromatic nitrogens is 2. The molecule has 0 fully saturated rings. The van der Waals surface area contributed by atoms with Gasteiger partial charge in [0.2, 0.25) is 0 Å². The Balaban J connectivity index is 1.45. The molecule has 0 unspecified atom stereocenters. The Kier molecular flexibility index (Phi) is 8.90. The van der Waals surface area contributed by atoms with Crippen LogP contribution in [0.1, 0.15) is 23.7 Å². The predicted molar refractivity (Wildman–Crippen MR) is 150 cm³/mol. The van der Waals surface area contributed by atoms with Gasteiger partial charge in [-0.1, -0.05) is 51.3 Å². The fourth-order valence-corrected chi connectivity index (χ4v) is 3.94. The van der Waals surface area contributed by atoms with Gasteiger partial charge in [-0.15, -0.1) is 0 Å². The molecule has 3 aromatic carbocycles. The fraction of sp³-hybridized carbons (Fsp3) is 0.179. The number of hydrogen-bond donors (Lipinski definition) is 0. The number of esters is 1. The molecule has 0 aliphatic carbocycles. The number of fused-ring (bicyclic) bond motifs is 1. The van der Waals surface area contributed by atoms with E-state index in [1.54, 1.807) is 48.0 Å². The number of oxime groups is 3. The molecular weight excluding hydrogens is 522 g/mol. The minimum Gasteiger partial charge on any atom is -0.464 e. The number of benzene rings is 3. The van der Waals surface area contributed by atoms with Gasteiger partial charge in [0.15, 0.2) is 5.71 Å². The summed E-state index contributed by atoms with van der Waals surface area (Å²) < 4.78 is 12.5. The molecule has 0 radical (unpaired) electrons. The minimum atomic E-state index is -0.607. The Morgan fingerprint density at radius 2 is 1.77 bits per heavy atom. The van der Waals surface area contributed by atoms with Gasteiger partial charge in [0.05, 0.1) is 18.8 Å². The summed E-state index contributed by atoms with van der Waals surface area (Å²) in [5, 5.41) is 17.9. The molecule has 0 aliphatic rings. The smallest absolute Gasteiger partial charge is 0.360 e. The fourth-order valence-electron chi connectivity index (χ4n) is 3.82. The number of nitrogens with zero attached hydrogens (tertiary/aromatic N) is 5. The van der Waals surface area contributed by atoms with Crippen LogP contribution in [0.4, 0.5) is 0 Å². The van der Waals surface area contributed by atoms with E-state index in [1.165, 1.54) is 20.4 Å². The van der Waals surface area contributed by atoms with Crippen molar-refractivity contribution in [3.63, 3.8) is 0 Å². The van der Waals surface area contributed by atoms with Crippen molar-refractivity contribution in [2.75, 3.05) is 14.2 Å². The zero-order chi connectivity index (χ0) is 27.8. The number of carbonyl (C=O) groups excluding carboxylic acids is 1. The number of hydrogen-bond acceptors (Lipinski definition) is 9. The first-order valence-corrected chi connectivity index (χ1v) is 12.2. The monoisotopic (exact) mass is 547 g/mol. The molecular formula is C28H26ClN5O5. The lowest BCUT2D eigenvalue weighted by atomic mass is 10.0. The Labute approximate surface area is 230 Å². The van der Waals surface area contributed by atoms with Crippen LogP contribution in [0, 0.1) is 0 Å². The third-order valence-corrected chi connectivity index (χ3v) is 5.91. The second-order valence-corrected chi connectivity index (χ2v) is 8.67. The SMILES string of the molecule is CON=C(C(=O)OC)c1ccccc1CC=NON=C(C)c1nn(C)c2cc(Oc3ccc(Cl)cc3)ccc12. The van der Waals surface area contributed by atoms with Crippen LogP contribution in [0.3, 0.4) is 0 Å². The van der Waals surface area contributed by atoms with Crippen LogP contribution in [-0.2, 0) is 32.8 Å². The van der Waals surface area contributed by atoms with Gasteiger partial charge in [-0.25, -0.2) is 9.73 Å². The van der Waals surface area contributed by atoms with E-state index < -0.39 is 5.97 Å². The molecule has 0 N–H and O–H groups in total. The molecule has 1 heterocycles. The topological polar surface area (TPSA) is 109 Å². The van der Waals surface area contributed by atoms with E-state index in [2.05, 4.69) is 20.6 Å². The molecule has 4 aromatic rings. The molecule has 1 aromatic heterocycles. The molecule has 39 heavy (non-hydrogen) atoms. The van der Waals surface area contributed by atoms with Crippen molar-refractivity contribution in [2.24, 2.45) is 22.5 Å². The van der Waals surface area contributed by atoms with Crippen molar-refractivity contribution in [3.05, 3.63) is 88.6 Å². The Morgan fingerprint density at radius 3 is 2.51 bits per heavy atom. The summed E-state index contributed by atoms with van der Waals surface area (Å²) >= 11 is 5.95. The molecule has 0 bridgehead atoms. The Hall–Kier alpha value is -4.70. The van der Waals surface area contributed by atoms with Crippen LogP contribution >= 0.6 is 11.6 Å². The first-order chi connectivity index (χ1) is 18.9. The van der Waals surface area contributed by atoms with Crippen LogP contribution < -0.4 is 4.74 Å². The zero-order valence-corrected chi connectivity index (χ0v) is 22.5. The van der Waals surface area contributed by atoms with Gasteiger partial charge in [0.25, 0.3) is 0 Å². The summed E-state index contributed by atoms with van der Waals surface area (Å²) in [6.45, 7) is 1.79. The Bertz CT molecular complexity index is 1560. The number of halogens is 1. The maximum absolute atomic E-state index is 12.1. The quantitative estimate of drug-likeness (QED) is 0.147. The summed E-state index contributed by atoms with van der Waals surface area (Å²) in [7, 11) is 4.49. The van der Waals surface area contributed by atoms with Crippen molar-refractivity contribution in [2.45, 2.75) is 13.3 Å². The first kappa shape index (κ1) is 27.3. The molecule has 4 rings (SSSR count). The van der Waals surface area contributed by atoms with Gasteiger partial charge in [-0.05, 0) is 48.9 Å². The van der Waals surface area contributed by atoms with Crippen LogP contribution in [-0.4, -0.2) is 47.6 Å². The highest BCUT2D eigenvalue weighted by Crippen LogP contribution is 2.28. The summed E-state index contributed by atoms with van der Waals surface area (Å²) in [5.74, 6) is 0.741. The molecule has 0 saturated heterocycles. The van der Waals surface area contributed by atoms with Crippen LogP contribution in [0.25, 0.3) is 10.9 Å². The molecule has 0 atom stereocenters. The maximum Gasteiger partial charge on any atom is 0.360 e. The zero-order valence-electron chi connectivity index (χ0n) is 21.8. The third-order valence-electron chi connectivity index (χ3n) is 5.66. The highest BCUT2D eigenvalue weighted by atomic mass is 35.5. The standard InChI is InChI=1S/C28H26ClN5O5/c1-18(32-39-30-16-15-19-7-5-6-8-23(19)27(33-37-4)28(35)36-3)26-24-14-13-22(17-25(24)34(2)31-26)38-21-11-9-20(29)10-12-21/h5-14,16-17H,15H2,1-4H3. The summed E-state index contributed by atoms with van der Waals surface area (Å²) in [6.07, 6.45) is 1.89. The lowest BCUT2D eigenvalue weighted by Gasteiger charge is -2.08. The van der Waals surface area contributed by atoms with Gasteiger partial charge in [-0.2, -0.15) is 5.10 Å². The van der Waals surface area contributed by atoms with Crippen molar-refractivity contribution in [3.8, 4) is 11.5 Å². The normalized spacial score (nSPS) is 12.1. The van der Waals surface area contributed by atoms with E-state index in [0.717, 1.165) is 16.5 Å². The highest BCUT2D eigenvalue weighted by Gasteiger charge is 2.18. The summed E-state index contributed by atoms with van der Waals surface area (Å²) in [4.78, 5) is 22.1. The summed E-state index contributed by atoms with van der Waals surface area (Å²) in [5.41, 5.74) is 3.47. The molecule has 10 nitrogen and oxygen atoms in total. The van der Waals surface area contributed by atoms with Crippen molar-refractivity contribution in [1.29, 1.82) is 0 Å². The molecule has 11 heteroatoms. The number of ether oxygens (including phenoxy) is 2. The van der Waals surface area contributed by atoms with Crippen molar-refractivity contribution in [1.82, 2.24) is 9.78 Å². The average molecular weight is 548 g/mol. The van der Waals surface area contributed by atoms with Crippen molar-refractivity contribution < 1.29 is 24.0 Å². The maximum atomic E-state index is 12.1. The predicted octanol–water partition coefficient (Wildman–Crippen LogP) is 5.51. The van der Waals surface area contributed by atoms with Gasteiger partial charge in [0.1, 0.15) is 30.0 Å². The lowest BCUT2D eigenvalue weighted by molar-refractivity contribution is -0.132. The minimum absolute atomic E-state index is 0.0579. The van der Waals surface area contributed by atoms with E-state index in [4.69, 9.17) is 30.9 Å². The Morgan fingerprint density at radius 1 is 1.03 bits per heavy atom. The summed E-state index contributed by atoms with van der Waals surface area (Å²) in [6, 6.07) is 20.1. The van der Waals surface area contributed by atoms with Crippen molar-refractivity contribution >= 4 is 46.1 Å². The van der Waals surface area contributed by atoms with Crippen LogP contribution in [0.15, 0.2) is 82.2 Å². The average Bonchev–Trinajstić information content (AvgIpc) is 3.28. The second-order valence-electron chi connectivity index (χ2n) is 8.23. The lowest BCUT2D eigenvalue weighted by Crippen LogP contribution is -2.19. The first-order valence-electron chi connectivity index (χ1n) is 11.8. The molecule has 0 aliphatic heterocycles.